The van der Waals surface area contributed by atoms with Crippen molar-refractivity contribution in [3.8, 4) is 28.7 Å². The molecule has 180 valence electrons. The maximum absolute atomic E-state index is 12.9. The number of carbonyl (C=O) groups is 1. The van der Waals surface area contributed by atoms with Gasteiger partial charge in [-0.2, -0.15) is 0 Å². The molecule has 4 rings (SSSR count). The van der Waals surface area contributed by atoms with Gasteiger partial charge in [-0.15, -0.1) is 0 Å². The molecular weight excluding hydrogens is 466 g/mol. The third-order valence-corrected chi connectivity index (χ3v) is 5.28. The van der Waals surface area contributed by atoms with Crippen LogP contribution in [0.25, 0.3) is 22.6 Å². The summed E-state index contributed by atoms with van der Waals surface area (Å²) in [7, 11) is 0. The SMILES string of the molecule is CCOc1cc(OCC)cc(C(=O)NC(=S)Nc2cc(C)c(O)c(-c3nc4ccccc4o3)c2)c1. The number of nitrogens with one attached hydrogen (secondary N) is 2. The molecule has 1 amide bonds. The molecule has 0 fully saturated rings. The zero-order valence-electron chi connectivity index (χ0n) is 19.5. The molecule has 8 nitrogen and oxygen atoms in total. The number of phenols is 1. The summed E-state index contributed by atoms with van der Waals surface area (Å²) < 4.78 is 16.9. The third-order valence-electron chi connectivity index (χ3n) is 5.07. The van der Waals surface area contributed by atoms with Gasteiger partial charge in [-0.25, -0.2) is 4.98 Å². The number of carbonyl (C=O) groups excluding carboxylic acids is 1. The predicted molar refractivity (Wildman–Crippen MR) is 138 cm³/mol. The van der Waals surface area contributed by atoms with E-state index < -0.39 is 5.91 Å². The van der Waals surface area contributed by atoms with E-state index in [2.05, 4.69) is 15.6 Å². The molecule has 0 bridgehead atoms. The number of fused-ring (bicyclic) bond motifs is 1. The number of para-hydroxylation sites is 2. The molecule has 4 aromatic rings. The Morgan fingerprint density at radius 1 is 1.06 bits per heavy atom. The Morgan fingerprint density at radius 3 is 2.40 bits per heavy atom. The summed E-state index contributed by atoms with van der Waals surface area (Å²) in [5.41, 5.74) is 3.19. The molecule has 9 heteroatoms. The molecule has 0 spiro atoms. The maximum Gasteiger partial charge on any atom is 0.257 e. The number of aromatic nitrogens is 1. The quantitative estimate of drug-likeness (QED) is 0.232. The number of oxazole rings is 1. The van der Waals surface area contributed by atoms with Crippen molar-refractivity contribution in [1.29, 1.82) is 0 Å². The number of benzene rings is 3. The Labute approximate surface area is 207 Å². The number of rotatable bonds is 7. The van der Waals surface area contributed by atoms with Gasteiger partial charge in [0.15, 0.2) is 10.7 Å². The van der Waals surface area contributed by atoms with E-state index in [9.17, 15) is 9.90 Å². The van der Waals surface area contributed by atoms with Crippen LogP contribution in [0, 0.1) is 6.92 Å². The first-order valence-electron chi connectivity index (χ1n) is 11.1. The summed E-state index contributed by atoms with van der Waals surface area (Å²) in [6.45, 7) is 6.39. The van der Waals surface area contributed by atoms with E-state index in [0.29, 0.717) is 58.2 Å². The fourth-order valence-corrected chi connectivity index (χ4v) is 3.75. The fraction of sp³-hybridized carbons (Fsp3) is 0.192. The van der Waals surface area contributed by atoms with Crippen molar-refractivity contribution in [2.24, 2.45) is 0 Å². The second-order valence-electron chi connectivity index (χ2n) is 7.64. The molecular formula is C26H25N3O5S. The van der Waals surface area contributed by atoms with E-state index in [1.54, 1.807) is 43.3 Å². The monoisotopic (exact) mass is 491 g/mol. The van der Waals surface area contributed by atoms with E-state index in [1.807, 2.05) is 32.0 Å². The Kier molecular flexibility index (Phi) is 7.17. The number of amides is 1. The van der Waals surface area contributed by atoms with Gasteiger partial charge < -0.3 is 24.3 Å². The van der Waals surface area contributed by atoms with Gasteiger partial charge in [0.25, 0.3) is 5.91 Å². The van der Waals surface area contributed by atoms with Crippen LogP contribution >= 0.6 is 12.2 Å². The molecule has 0 saturated carbocycles. The largest absolute Gasteiger partial charge is 0.507 e. The highest BCUT2D eigenvalue weighted by molar-refractivity contribution is 7.80. The summed E-state index contributed by atoms with van der Waals surface area (Å²) >= 11 is 5.36. The highest BCUT2D eigenvalue weighted by Crippen LogP contribution is 2.36. The number of thiocarbonyl (C=S) groups is 1. The lowest BCUT2D eigenvalue weighted by Gasteiger charge is -2.14. The van der Waals surface area contributed by atoms with Gasteiger partial charge in [-0.1, -0.05) is 12.1 Å². The van der Waals surface area contributed by atoms with Gasteiger partial charge in [0.2, 0.25) is 5.89 Å². The van der Waals surface area contributed by atoms with Crippen LogP contribution in [0.2, 0.25) is 0 Å². The van der Waals surface area contributed by atoms with Crippen LogP contribution in [0.5, 0.6) is 17.2 Å². The van der Waals surface area contributed by atoms with Gasteiger partial charge in [0, 0.05) is 17.3 Å². The second-order valence-corrected chi connectivity index (χ2v) is 8.05. The van der Waals surface area contributed by atoms with Gasteiger partial charge in [0.05, 0.1) is 18.8 Å². The number of anilines is 1. The zero-order valence-corrected chi connectivity index (χ0v) is 20.4. The standard InChI is InChI=1S/C26H25N3O5S/c1-4-32-18-11-16(12-19(14-18)33-5-2)24(31)29-26(35)27-17-10-15(3)23(30)20(13-17)25-28-21-8-6-7-9-22(21)34-25/h6-14,30H,4-5H2,1-3H3,(H2,27,29,31,35). The molecule has 1 heterocycles. The highest BCUT2D eigenvalue weighted by atomic mass is 32.1. The van der Waals surface area contributed by atoms with E-state index in [1.165, 1.54) is 0 Å². The third kappa shape index (κ3) is 5.52. The van der Waals surface area contributed by atoms with Crippen LogP contribution < -0.4 is 20.1 Å². The highest BCUT2D eigenvalue weighted by Gasteiger charge is 2.17. The number of ether oxygens (including phenoxy) is 2. The number of aryl methyl sites for hydroxylation is 1. The lowest BCUT2D eigenvalue weighted by atomic mass is 10.1. The average Bonchev–Trinajstić information content (AvgIpc) is 3.25. The molecule has 0 aliphatic carbocycles. The number of aromatic hydroxyl groups is 1. The first kappa shape index (κ1) is 24.0. The topological polar surface area (TPSA) is 106 Å². The minimum absolute atomic E-state index is 0.0493. The number of phenolic OH excluding ortho intramolecular Hbond substituents is 1. The van der Waals surface area contributed by atoms with E-state index in [0.717, 1.165) is 0 Å². The minimum Gasteiger partial charge on any atom is -0.507 e. The first-order chi connectivity index (χ1) is 16.9. The predicted octanol–water partition coefficient (Wildman–Crippen LogP) is 5.43. The Morgan fingerprint density at radius 2 is 1.74 bits per heavy atom. The van der Waals surface area contributed by atoms with E-state index >= 15 is 0 Å². The number of nitrogens with zero attached hydrogens (tertiary/aromatic N) is 1. The van der Waals surface area contributed by atoms with Gasteiger partial charge >= 0.3 is 0 Å². The lowest BCUT2D eigenvalue weighted by Crippen LogP contribution is -2.34. The smallest absolute Gasteiger partial charge is 0.257 e. The van der Waals surface area contributed by atoms with Crippen LogP contribution in [0.1, 0.15) is 29.8 Å². The molecule has 0 saturated heterocycles. The fourth-order valence-electron chi connectivity index (χ4n) is 3.54. The van der Waals surface area contributed by atoms with Gasteiger partial charge in [-0.3, -0.25) is 10.1 Å². The molecule has 0 radical (unpaired) electrons. The zero-order chi connectivity index (χ0) is 24.9. The van der Waals surface area contributed by atoms with Crippen LogP contribution in [0.3, 0.4) is 0 Å². The van der Waals surface area contributed by atoms with Crippen LogP contribution in [0.15, 0.2) is 59.0 Å². The average molecular weight is 492 g/mol. The Bertz CT molecular complexity index is 1340. The minimum atomic E-state index is -0.417. The number of hydrogen-bond donors (Lipinski definition) is 3. The van der Waals surface area contributed by atoms with Gasteiger partial charge in [0.1, 0.15) is 22.8 Å². The summed E-state index contributed by atoms with van der Waals surface area (Å²) in [6, 6.07) is 15.7. The summed E-state index contributed by atoms with van der Waals surface area (Å²) in [5.74, 6) is 0.966. The Hall–Kier alpha value is -4.11. The van der Waals surface area contributed by atoms with Crippen molar-refractivity contribution >= 4 is 40.0 Å². The van der Waals surface area contributed by atoms with E-state index in [4.69, 9.17) is 26.1 Å². The molecule has 35 heavy (non-hydrogen) atoms. The maximum atomic E-state index is 12.9. The summed E-state index contributed by atoms with van der Waals surface area (Å²) in [6.07, 6.45) is 0. The lowest BCUT2D eigenvalue weighted by molar-refractivity contribution is 0.0976. The van der Waals surface area contributed by atoms with Crippen molar-refractivity contribution in [2.45, 2.75) is 20.8 Å². The van der Waals surface area contributed by atoms with Crippen molar-refractivity contribution in [3.63, 3.8) is 0 Å². The molecule has 0 atom stereocenters. The van der Waals surface area contributed by atoms with Crippen molar-refractivity contribution in [1.82, 2.24) is 10.3 Å². The van der Waals surface area contributed by atoms with Crippen molar-refractivity contribution in [3.05, 3.63) is 65.7 Å². The molecule has 0 unspecified atom stereocenters. The molecule has 3 N–H and O–H groups in total. The summed E-state index contributed by atoms with van der Waals surface area (Å²) in [5, 5.41) is 16.4. The van der Waals surface area contributed by atoms with Crippen molar-refractivity contribution < 1.29 is 23.8 Å². The van der Waals surface area contributed by atoms with Crippen molar-refractivity contribution in [2.75, 3.05) is 18.5 Å². The first-order valence-corrected chi connectivity index (χ1v) is 11.5. The molecule has 0 aliphatic heterocycles. The van der Waals surface area contributed by atoms with E-state index in [-0.39, 0.29) is 16.8 Å². The normalized spacial score (nSPS) is 10.7. The van der Waals surface area contributed by atoms with Gasteiger partial charge in [-0.05, 0) is 75.0 Å². The summed E-state index contributed by atoms with van der Waals surface area (Å²) in [4.78, 5) is 17.3. The molecule has 1 aromatic heterocycles. The molecule has 0 aliphatic rings. The van der Waals surface area contributed by atoms with Crippen LogP contribution in [-0.2, 0) is 0 Å². The van der Waals surface area contributed by atoms with Crippen LogP contribution in [-0.4, -0.2) is 34.3 Å². The number of hydrogen-bond acceptors (Lipinski definition) is 7. The van der Waals surface area contributed by atoms with Crippen LogP contribution in [0.4, 0.5) is 5.69 Å². The molecule has 3 aromatic carbocycles. The second kappa shape index (κ2) is 10.4. The Balaban J connectivity index is 1.54.